The topological polar surface area (TPSA) is 67.2 Å². The number of hydrogen-bond donors (Lipinski definition) is 2. The first-order chi connectivity index (χ1) is 11.7. The van der Waals surface area contributed by atoms with Gasteiger partial charge >= 0.3 is 0 Å². The second kappa shape index (κ2) is 7.28. The van der Waals surface area contributed by atoms with Gasteiger partial charge in [0.1, 0.15) is 6.17 Å². The minimum Gasteiger partial charge on any atom is -0.361 e. The first-order valence-electron chi connectivity index (χ1n) is 7.60. The molecular formula is C19H17N3O2. The minimum atomic E-state index is -0.434. The molecule has 0 atom stereocenters. The molecule has 0 heterocycles. The van der Waals surface area contributed by atoms with Crippen molar-refractivity contribution in [3.05, 3.63) is 101 Å². The Bertz CT molecular complexity index is 766. The van der Waals surface area contributed by atoms with Crippen LogP contribution in [0.1, 0.15) is 11.7 Å². The van der Waals surface area contributed by atoms with Crippen molar-refractivity contribution in [1.82, 2.24) is 0 Å². The van der Waals surface area contributed by atoms with Crippen molar-refractivity contribution >= 4 is 17.1 Å². The lowest BCUT2D eigenvalue weighted by Gasteiger charge is -2.22. The van der Waals surface area contributed by atoms with Crippen molar-refractivity contribution in [3.63, 3.8) is 0 Å². The van der Waals surface area contributed by atoms with Crippen molar-refractivity contribution in [3.8, 4) is 0 Å². The summed E-state index contributed by atoms with van der Waals surface area (Å²) in [5.74, 6) is 0. The molecule has 0 aliphatic carbocycles. The van der Waals surface area contributed by atoms with Gasteiger partial charge in [0.25, 0.3) is 5.69 Å². The lowest BCUT2D eigenvalue weighted by atomic mass is 10.1. The molecule has 2 N–H and O–H groups in total. The molecular weight excluding hydrogens is 302 g/mol. The van der Waals surface area contributed by atoms with Crippen LogP contribution in [0.15, 0.2) is 84.9 Å². The van der Waals surface area contributed by atoms with E-state index in [4.69, 9.17) is 0 Å². The van der Waals surface area contributed by atoms with E-state index in [-0.39, 0.29) is 10.6 Å². The monoisotopic (exact) mass is 319 g/mol. The predicted octanol–water partition coefficient (Wildman–Crippen LogP) is 4.82. The number of anilines is 2. The molecule has 0 spiro atoms. The summed E-state index contributed by atoms with van der Waals surface area (Å²) >= 11 is 0. The zero-order chi connectivity index (χ0) is 16.8. The van der Waals surface area contributed by atoms with Gasteiger partial charge in [-0.15, -0.1) is 0 Å². The first kappa shape index (κ1) is 15.6. The molecule has 5 heteroatoms. The number of nitrogens with one attached hydrogen (secondary N) is 2. The Morgan fingerprint density at radius 1 is 0.708 bits per heavy atom. The summed E-state index contributed by atoms with van der Waals surface area (Å²) in [6.07, 6.45) is -0.434. The highest BCUT2D eigenvalue weighted by Crippen LogP contribution is 2.29. The molecule has 0 aromatic heterocycles. The van der Waals surface area contributed by atoms with Crippen molar-refractivity contribution < 1.29 is 4.92 Å². The fourth-order valence-electron chi connectivity index (χ4n) is 2.49. The van der Waals surface area contributed by atoms with E-state index >= 15 is 0 Å². The Kier molecular flexibility index (Phi) is 4.72. The lowest BCUT2D eigenvalue weighted by Crippen LogP contribution is -2.21. The minimum absolute atomic E-state index is 0.0781. The second-order valence-corrected chi connectivity index (χ2v) is 5.27. The zero-order valence-electron chi connectivity index (χ0n) is 12.9. The van der Waals surface area contributed by atoms with E-state index in [2.05, 4.69) is 10.6 Å². The molecule has 0 amide bonds. The molecule has 24 heavy (non-hydrogen) atoms. The van der Waals surface area contributed by atoms with E-state index in [0.717, 1.165) is 11.4 Å². The van der Waals surface area contributed by atoms with Gasteiger partial charge in [0.15, 0.2) is 0 Å². The number of hydrogen-bond acceptors (Lipinski definition) is 4. The Hall–Kier alpha value is -3.34. The summed E-state index contributed by atoms with van der Waals surface area (Å²) in [6.45, 7) is 0. The molecule has 3 aromatic rings. The lowest BCUT2D eigenvalue weighted by molar-refractivity contribution is -0.385. The SMILES string of the molecule is O=[N+]([O-])c1ccccc1C(Nc1ccccc1)Nc1ccccc1. The van der Waals surface area contributed by atoms with Crippen LogP contribution in [0.4, 0.5) is 17.1 Å². The van der Waals surface area contributed by atoms with Crippen LogP contribution in [0.3, 0.4) is 0 Å². The number of nitro groups is 1. The third kappa shape index (κ3) is 3.70. The van der Waals surface area contributed by atoms with Gasteiger partial charge in [-0.1, -0.05) is 48.5 Å². The third-order valence-electron chi connectivity index (χ3n) is 3.61. The fraction of sp³-hybridized carbons (Fsp3) is 0.0526. The summed E-state index contributed by atoms with van der Waals surface area (Å²) in [6, 6.07) is 26.0. The zero-order valence-corrected chi connectivity index (χ0v) is 12.9. The van der Waals surface area contributed by atoms with Crippen molar-refractivity contribution in [2.24, 2.45) is 0 Å². The largest absolute Gasteiger partial charge is 0.361 e. The summed E-state index contributed by atoms with van der Waals surface area (Å²) < 4.78 is 0. The van der Waals surface area contributed by atoms with Gasteiger partial charge in [-0.05, 0) is 30.3 Å². The van der Waals surface area contributed by atoms with Gasteiger partial charge in [-0.25, -0.2) is 0 Å². The highest BCUT2D eigenvalue weighted by Gasteiger charge is 2.21. The molecule has 0 radical (unpaired) electrons. The van der Waals surface area contributed by atoms with Crippen LogP contribution in [0, 0.1) is 10.1 Å². The summed E-state index contributed by atoms with van der Waals surface area (Å²) in [7, 11) is 0. The summed E-state index contributed by atoms with van der Waals surface area (Å²) in [5, 5.41) is 18.0. The van der Waals surface area contributed by atoms with E-state index in [1.807, 2.05) is 60.7 Å². The van der Waals surface area contributed by atoms with Crippen LogP contribution in [0.25, 0.3) is 0 Å². The number of nitro benzene ring substituents is 1. The Morgan fingerprint density at radius 2 is 1.17 bits per heavy atom. The molecule has 0 aliphatic rings. The maximum absolute atomic E-state index is 11.4. The molecule has 5 nitrogen and oxygen atoms in total. The Morgan fingerprint density at radius 3 is 1.67 bits per heavy atom. The molecule has 0 saturated carbocycles. The maximum atomic E-state index is 11.4. The molecule has 3 aromatic carbocycles. The predicted molar refractivity (Wildman–Crippen MR) is 96.0 cm³/mol. The molecule has 0 fully saturated rings. The molecule has 120 valence electrons. The number of rotatable bonds is 6. The summed E-state index contributed by atoms with van der Waals surface area (Å²) in [4.78, 5) is 11.0. The van der Waals surface area contributed by atoms with Crippen molar-refractivity contribution in [2.45, 2.75) is 6.17 Å². The highest BCUT2D eigenvalue weighted by atomic mass is 16.6. The van der Waals surface area contributed by atoms with Crippen molar-refractivity contribution in [1.29, 1.82) is 0 Å². The van der Waals surface area contributed by atoms with Crippen LogP contribution in [-0.4, -0.2) is 4.92 Å². The van der Waals surface area contributed by atoms with Gasteiger partial charge in [0, 0.05) is 17.4 Å². The number of nitrogens with zero attached hydrogens (tertiary/aromatic N) is 1. The molecule has 0 unspecified atom stereocenters. The smallest absolute Gasteiger partial charge is 0.276 e. The van der Waals surface area contributed by atoms with E-state index in [0.29, 0.717) is 5.56 Å². The van der Waals surface area contributed by atoms with Gasteiger partial charge in [-0.3, -0.25) is 10.1 Å². The quantitative estimate of drug-likeness (QED) is 0.388. The highest BCUT2D eigenvalue weighted by molar-refractivity contribution is 5.55. The van der Waals surface area contributed by atoms with E-state index in [1.54, 1.807) is 18.2 Å². The van der Waals surface area contributed by atoms with Crippen LogP contribution in [-0.2, 0) is 0 Å². The van der Waals surface area contributed by atoms with Crippen LogP contribution < -0.4 is 10.6 Å². The average Bonchev–Trinajstić information content (AvgIpc) is 2.63. The van der Waals surface area contributed by atoms with E-state index in [9.17, 15) is 10.1 Å². The first-order valence-corrected chi connectivity index (χ1v) is 7.60. The van der Waals surface area contributed by atoms with Crippen LogP contribution >= 0.6 is 0 Å². The fourth-order valence-corrected chi connectivity index (χ4v) is 2.49. The third-order valence-corrected chi connectivity index (χ3v) is 3.61. The van der Waals surface area contributed by atoms with Gasteiger partial charge < -0.3 is 10.6 Å². The molecule has 0 saturated heterocycles. The van der Waals surface area contributed by atoms with Crippen LogP contribution in [0.2, 0.25) is 0 Å². The Balaban J connectivity index is 1.97. The van der Waals surface area contributed by atoms with E-state index < -0.39 is 6.17 Å². The average molecular weight is 319 g/mol. The molecule has 0 aliphatic heterocycles. The normalized spacial score (nSPS) is 10.4. The van der Waals surface area contributed by atoms with Gasteiger partial charge in [-0.2, -0.15) is 0 Å². The standard InChI is InChI=1S/C19H17N3O2/c23-22(24)18-14-8-7-13-17(18)19(20-15-9-3-1-4-10-15)21-16-11-5-2-6-12-16/h1-14,19-21H. The number of para-hydroxylation sites is 3. The number of benzene rings is 3. The molecule has 3 rings (SSSR count). The summed E-state index contributed by atoms with van der Waals surface area (Å²) in [5.41, 5.74) is 2.41. The van der Waals surface area contributed by atoms with Gasteiger partial charge in [0.2, 0.25) is 0 Å². The Labute approximate surface area is 140 Å². The maximum Gasteiger partial charge on any atom is 0.276 e. The molecule has 0 bridgehead atoms. The van der Waals surface area contributed by atoms with Gasteiger partial charge in [0.05, 0.1) is 10.5 Å². The van der Waals surface area contributed by atoms with E-state index in [1.165, 1.54) is 6.07 Å². The van der Waals surface area contributed by atoms with Crippen molar-refractivity contribution in [2.75, 3.05) is 10.6 Å². The second-order valence-electron chi connectivity index (χ2n) is 5.27. The van der Waals surface area contributed by atoms with Crippen LogP contribution in [0.5, 0.6) is 0 Å².